The third-order valence-electron chi connectivity index (χ3n) is 4.62. The molecule has 150 valence electrons. The maximum absolute atomic E-state index is 6.00. The Hall–Kier alpha value is -0.123. The van der Waals surface area contributed by atoms with Gasteiger partial charge in [-0.25, -0.2) is 0 Å². The van der Waals surface area contributed by atoms with E-state index in [4.69, 9.17) is 8.85 Å². The average molecular weight is 371 g/mol. The lowest BCUT2D eigenvalue weighted by Crippen LogP contribution is -2.35. The van der Waals surface area contributed by atoms with Crippen LogP contribution >= 0.6 is 0 Å². The first kappa shape index (κ1) is 24.9. The topological polar surface area (TPSA) is 18.5 Å². The molecule has 0 amide bonds. The van der Waals surface area contributed by atoms with Crippen molar-refractivity contribution < 1.29 is 8.85 Å². The molecule has 0 aliphatic carbocycles. The van der Waals surface area contributed by atoms with Gasteiger partial charge >= 0.3 is 8.56 Å². The van der Waals surface area contributed by atoms with Crippen molar-refractivity contribution in [2.75, 3.05) is 13.2 Å². The van der Waals surface area contributed by atoms with Gasteiger partial charge in [-0.3, -0.25) is 0 Å². The molecule has 2 nitrogen and oxygen atoms in total. The van der Waals surface area contributed by atoms with Crippen molar-refractivity contribution in [2.45, 2.75) is 117 Å². The zero-order valence-corrected chi connectivity index (χ0v) is 19.0. The molecule has 0 heterocycles. The molecule has 0 aromatic heterocycles. The highest BCUT2D eigenvalue weighted by Gasteiger charge is 2.23. The molecule has 0 rings (SSSR count). The van der Waals surface area contributed by atoms with Crippen molar-refractivity contribution in [3.63, 3.8) is 0 Å². The molecule has 25 heavy (non-hydrogen) atoms. The highest BCUT2D eigenvalue weighted by atomic mass is 28.4. The first-order chi connectivity index (χ1) is 12.0. The van der Waals surface area contributed by atoms with Gasteiger partial charge in [0.2, 0.25) is 0 Å². The predicted molar refractivity (Wildman–Crippen MR) is 115 cm³/mol. The van der Waals surface area contributed by atoms with Crippen LogP contribution in [0.4, 0.5) is 0 Å². The van der Waals surface area contributed by atoms with Crippen molar-refractivity contribution in [3.05, 3.63) is 11.6 Å². The Labute approximate surface area is 160 Å². The van der Waals surface area contributed by atoms with E-state index in [0.29, 0.717) is 6.61 Å². The van der Waals surface area contributed by atoms with Crippen molar-refractivity contribution in [1.29, 1.82) is 0 Å². The summed E-state index contributed by atoms with van der Waals surface area (Å²) < 4.78 is 11.9. The van der Waals surface area contributed by atoms with Crippen LogP contribution in [0.25, 0.3) is 0 Å². The summed E-state index contributed by atoms with van der Waals surface area (Å²) in [5, 5.41) is 0. The molecule has 0 N–H and O–H groups in total. The second-order valence-corrected chi connectivity index (χ2v) is 11.5. The van der Waals surface area contributed by atoms with Gasteiger partial charge in [-0.15, -0.1) is 0 Å². The van der Waals surface area contributed by atoms with Crippen LogP contribution in [0.1, 0.15) is 104 Å². The molecule has 0 radical (unpaired) electrons. The summed E-state index contributed by atoms with van der Waals surface area (Å²) in [5.74, 6) is 0. The highest BCUT2D eigenvalue weighted by molar-refractivity contribution is 6.64. The lowest BCUT2D eigenvalue weighted by Gasteiger charge is -2.22. The molecule has 0 saturated carbocycles. The Kier molecular flexibility index (Phi) is 17.2. The SMILES string of the molecule is CCCCCCCCCCCCCCCO[Si](C)(C)OCC=C(C)C. The standard InChI is InChI=1S/C22H46O2Si/c1-6-7-8-9-10-11-12-13-14-15-16-17-18-20-23-25(4,5)24-21-19-22(2)3/h19H,6-18,20-21H2,1-5H3. The van der Waals surface area contributed by atoms with Crippen molar-refractivity contribution in [2.24, 2.45) is 0 Å². The zero-order chi connectivity index (χ0) is 18.8. The number of hydrogen-bond acceptors (Lipinski definition) is 2. The maximum atomic E-state index is 6.00. The van der Waals surface area contributed by atoms with Gasteiger partial charge in [0.05, 0.1) is 6.61 Å². The predicted octanol–water partition coefficient (Wildman–Crippen LogP) is 7.78. The van der Waals surface area contributed by atoms with Gasteiger partial charge in [-0.05, 0) is 33.4 Å². The second-order valence-electron chi connectivity index (χ2n) is 8.08. The molecule has 0 bridgehead atoms. The molecule has 0 atom stereocenters. The molecule has 0 unspecified atom stereocenters. The van der Waals surface area contributed by atoms with E-state index in [0.717, 1.165) is 6.61 Å². The van der Waals surface area contributed by atoms with Crippen LogP contribution in [-0.2, 0) is 8.85 Å². The summed E-state index contributed by atoms with van der Waals surface area (Å²) in [6.07, 6.45) is 20.2. The summed E-state index contributed by atoms with van der Waals surface area (Å²) in [6, 6.07) is 0. The maximum Gasteiger partial charge on any atom is 0.331 e. The minimum Gasteiger partial charge on any atom is -0.395 e. The molecule has 0 aliphatic rings. The van der Waals surface area contributed by atoms with Gasteiger partial charge in [0, 0.05) is 6.61 Å². The molecule has 3 heteroatoms. The summed E-state index contributed by atoms with van der Waals surface area (Å²) in [6.45, 7) is 12.3. The Balaban J connectivity index is 3.29. The largest absolute Gasteiger partial charge is 0.395 e. The van der Waals surface area contributed by atoms with Crippen LogP contribution in [-0.4, -0.2) is 21.8 Å². The lowest BCUT2D eigenvalue weighted by molar-refractivity contribution is 0.190. The third-order valence-corrected chi connectivity index (χ3v) is 6.38. The minimum atomic E-state index is -1.92. The van der Waals surface area contributed by atoms with E-state index in [9.17, 15) is 0 Å². The summed E-state index contributed by atoms with van der Waals surface area (Å²) in [7, 11) is -1.92. The zero-order valence-electron chi connectivity index (χ0n) is 18.0. The third kappa shape index (κ3) is 20.0. The molecular weight excluding hydrogens is 324 g/mol. The van der Waals surface area contributed by atoms with E-state index in [1.165, 1.54) is 89.0 Å². The van der Waals surface area contributed by atoms with Gasteiger partial charge in [-0.2, -0.15) is 0 Å². The number of hydrogen-bond donors (Lipinski definition) is 0. The Morgan fingerprint density at radius 3 is 1.56 bits per heavy atom. The van der Waals surface area contributed by atoms with Gasteiger partial charge < -0.3 is 8.85 Å². The van der Waals surface area contributed by atoms with Crippen LogP contribution in [0.3, 0.4) is 0 Å². The van der Waals surface area contributed by atoms with Crippen LogP contribution in [0, 0.1) is 0 Å². The van der Waals surface area contributed by atoms with Gasteiger partial charge in [0.25, 0.3) is 0 Å². The fraction of sp³-hybridized carbons (Fsp3) is 0.909. The molecule has 0 spiro atoms. The molecule has 0 fully saturated rings. The summed E-state index contributed by atoms with van der Waals surface area (Å²) >= 11 is 0. The van der Waals surface area contributed by atoms with E-state index in [1.54, 1.807) is 0 Å². The van der Waals surface area contributed by atoms with E-state index in [2.05, 4.69) is 39.9 Å². The van der Waals surface area contributed by atoms with E-state index >= 15 is 0 Å². The first-order valence-corrected chi connectivity index (χ1v) is 13.7. The fourth-order valence-corrected chi connectivity index (χ4v) is 4.09. The fourth-order valence-electron chi connectivity index (χ4n) is 2.89. The van der Waals surface area contributed by atoms with E-state index < -0.39 is 8.56 Å². The highest BCUT2D eigenvalue weighted by Crippen LogP contribution is 2.13. The number of unbranched alkanes of at least 4 members (excludes halogenated alkanes) is 12. The number of rotatable bonds is 18. The summed E-state index contributed by atoms with van der Waals surface area (Å²) in [5.41, 5.74) is 1.31. The van der Waals surface area contributed by atoms with Crippen LogP contribution in [0.5, 0.6) is 0 Å². The van der Waals surface area contributed by atoms with Crippen LogP contribution < -0.4 is 0 Å². The van der Waals surface area contributed by atoms with Crippen LogP contribution in [0.15, 0.2) is 11.6 Å². The number of allylic oxidation sites excluding steroid dienone is 1. The quantitative estimate of drug-likeness (QED) is 0.139. The minimum absolute atomic E-state index is 0.695. The van der Waals surface area contributed by atoms with E-state index in [1.807, 2.05) is 0 Å². The molecule has 0 saturated heterocycles. The second kappa shape index (κ2) is 17.3. The lowest BCUT2D eigenvalue weighted by atomic mass is 10.0. The van der Waals surface area contributed by atoms with Crippen molar-refractivity contribution in [3.8, 4) is 0 Å². The van der Waals surface area contributed by atoms with Crippen LogP contribution in [0.2, 0.25) is 13.1 Å². The Morgan fingerprint density at radius 1 is 0.680 bits per heavy atom. The van der Waals surface area contributed by atoms with Gasteiger partial charge in [0.1, 0.15) is 0 Å². The average Bonchev–Trinajstić information content (AvgIpc) is 2.54. The van der Waals surface area contributed by atoms with Gasteiger partial charge in [-0.1, -0.05) is 95.6 Å². The van der Waals surface area contributed by atoms with Crippen molar-refractivity contribution in [1.82, 2.24) is 0 Å². The first-order valence-electron chi connectivity index (χ1n) is 10.9. The summed E-state index contributed by atoms with van der Waals surface area (Å²) in [4.78, 5) is 0. The molecule has 0 aliphatic heterocycles. The Morgan fingerprint density at radius 2 is 1.12 bits per heavy atom. The smallest absolute Gasteiger partial charge is 0.331 e. The normalized spacial score (nSPS) is 11.7. The molecule has 0 aromatic rings. The van der Waals surface area contributed by atoms with Gasteiger partial charge in [0.15, 0.2) is 0 Å². The van der Waals surface area contributed by atoms with E-state index in [-0.39, 0.29) is 0 Å². The molecule has 0 aromatic carbocycles. The molecular formula is C22H46O2Si. The Bertz CT molecular complexity index is 309. The monoisotopic (exact) mass is 370 g/mol. The van der Waals surface area contributed by atoms with Crippen molar-refractivity contribution >= 4 is 8.56 Å².